The maximum Gasteiger partial charge on any atom is 0.317 e. The van der Waals surface area contributed by atoms with Crippen molar-refractivity contribution in [2.75, 3.05) is 18.9 Å². The second-order valence-corrected chi connectivity index (χ2v) is 6.04. The summed E-state index contributed by atoms with van der Waals surface area (Å²) in [6.07, 6.45) is 1.85. The predicted octanol–water partition coefficient (Wildman–Crippen LogP) is 1.51. The van der Waals surface area contributed by atoms with Gasteiger partial charge in [0.2, 0.25) is 0 Å². The van der Waals surface area contributed by atoms with E-state index >= 15 is 0 Å². The number of nitrogens with one attached hydrogen (secondary N) is 2. The lowest BCUT2D eigenvalue weighted by atomic mass is 10.1. The van der Waals surface area contributed by atoms with Crippen LogP contribution in [0, 0.1) is 5.41 Å². The number of ether oxygens (including phenoxy) is 1. The summed E-state index contributed by atoms with van der Waals surface area (Å²) < 4.78 is 5.83. The van der Waals surface area contributed by atoms with E-state index in [0.29, 0.717) is 23.6 Å². The van der Waals surface area contributed by atoms with Crippen molar-refractivity contribution in [2.24, 2.45) is 5.73 Å². The number of urea groups is 1. The second-order valence-electron chi connectivity index (χ2n) is 6.04. The number of carbonyl (C=O) groups excluding carboxylic acids is 1. The third kappa shape index (κ3) is 4.06. The maximum atomic E-state index is 12.2. The van der Waals surface area contributed by atoms with Crippen LogP contribution in [0.3, 0.4) is 0 Å². The van der Waals surface area contributed by atoms with Crippen LogP contribution in [0.4, 0.5) is 10.5 Å². The molecular formula is C16H25N5O2. The highest BCUT2D eigenvalue weighted by molar-refractivity contribution is 6.02. The molecule has 1 aliphatic rings. The highest BCUT2D eigenvalue weighted by Gasteiger charge is 2.29. The minimum Gasteiger partial charge on any atom is -0.491 e. The molecule has 0 aliphatic carbocycles. The normalized spacial score (nSPS) is 17.3. The molecule has 1 saturated heterocycles. The maximum absolute atomic E-state index is 12.2. The number of hydrogen-bond donors (Lipinski definition) is 4. The van der Waals surface area contributed by atoms with Crippen LogP contribution in [0.15, 0.2) is 18.2 Å². The summed E-state index contributed by atoms with van der Waals surface area (Å²) in [5.74, 6) is 0.354. The molecule has 0 saturated carbocycles. The molecule has 2 rings (SSSR count). The van der Waals surface area contributed by atoms with Gasteiger partial charge in [-0.25, -0.2) is 4.79 Å². The van der Waals surface area contributed by atoms with Gasteiger partial charge in [0, 0.05) is 18.3 Å². The largest absolute Gasteiger partial charge is 0.491 e. The molecule has 23 heavy (non-hydrogen) atoms. The van der Waals surface area contributed by atoms with E-state index in [1.54, 1.807) is 23.1 Å². The van der Waals surface area contributed by atoms with Gasteiger partial charge in [0.05, 0.1) is 11.6 Å². The lowest BCUT2D eigenvalue weighted by molar-refractivity contribution is 0.163. The highest BCUT2D eigenvalue weighted by Crippen LogP contribution is 2.25. The molecule has 1 aromatic carbocycles. The molecule has 7 heteroatoms. The molecule has 7 nitrogen and oxygen atoms in total. The number of amidine groups is 1. The van der Waals surface area contributed by atoms with Crippen LogP contribution < -0.4 is 21.5 Å². The Morgan fingerprint density at radius 3 is 2.91 bits per heavy atom. The first-order valence-corrected chi connectivity index (χ1v) is 7.83. The first kappa shape index (κ1) is 16.9. The van der Waals surface area contributed by atoms with E-state index in [1.807, 2.05) is 13.8 Å². The van der Waals surface area contributed by atoms with Crippen molar-refractivity contribution in [1.29, 1.82) is 5.41 Å². The van der Waals surface area contributed by atoms with Crippen molar-refractivity contribution >= 4 is 17.6 Å². The second kappa shape index (κ2) is 7.21. The number of nitrogens with zero attached hydrogens (tertiary/aromatic N) is 1. The standard InChI is InChI=1S/C16H25N5O2/c1-10(2)20-16(22)21-8-4-5-11(21)9-23-13-7-3-6-12(17)14(13)15(18)19/h3,6-7,10-11H,4-5,8-9,17H2,1-2H3,(H3,18,19)(H,20,22)/t11-/m1/s1. The number of nitrogens with two attached hydrogens (primary N) is 2. The Labute approximate surface area is 136 Å². The van der Waals surface area contributed by atoms with Gasteiger partial charge in [0.25, 0.3) is 0 Å². The summed E-state index contributed by atoms with van der Waals surface area (Å²) in [6, 6.07) is 5.22. The summed E-state index contributed by atoms with van der Waals surface area (Å²) in [5, 5.41) is 10.5. The van der Waals surface area contributed by atoms with Crippen molar-refractivity contribution in [3.05, 3.63) is 23.8 Å². The molecule has 0 aromatic heterocycles. The van der Waals surface area contributed by atoms with E-state index in [0.717, 1.165) is 19.4 Å². The van der Waals surface area contributed by atoms with Crippen molar-refractivity contribution < 1.29 is 9.53 Å². The number of carbonyl (C=O) groups is 1. The molecule has 1 aliphatic heterocycles. The molecule has 2 amide bonds. The van der Waals surface area contributed by atoms with Crippen molar-refractivity contribution in [3.8, 4) is 5.75 Å². The number of benzene rings is 1. The Kier molecular flexibility index (Phi) is 5.31. The van der Waals surface area contributed by atoms with E-state index in [9.17, 15) is 4.79 Å². The molecule has 0 radical (unpaired) electrons. The van der Waals surface area contributed by atoms with Crippen LogP contribution in [0.2, 0.25) is 0 Å². The molecule has 1 aromatic rings. The van der Waals surface area contributed by atoms with E-state index in [2.05, 4.69) is 5.32 Å². The van der Waals surface area contributed by atoms with Crippen molar-refractivity contribution in [1.82, 2.24) is 10.2 Å². The number of anilines is 1. The summed E-state index contributed by atoms with van der Waals surface area (Å²) in [4.78, 5) is 14.0. The molecular weight excluding hydrogens is 294 g/mol. The van der Waals surface area contributed by atoms with Crippen LogP contribution in [0.25, 0.3) is 0 Å². The number of hydrogen-bond acceptors (Lipinski definition) is 4. The molecule has 0 spiro atoms. The fraction of sp³-hybridized carbons (Fsp3) is 0.500. The van der Waals surface area contributed by atoms with Crippen LogP contribution in [0.1, 0.15) is 32.3 Å². The topological polar surface area (TPSA) is 117 Å². The Bertz CT molecular complexity index is 588. The van der Waals surface area contributed by atoms with Crippen LogP contribution in [-0.2, 0) is 0 Å². The van der Waals surface area contributed by atoms with Crippen molar-refractivity contribution in [2.45, 2.75) is 38.8 Å². The van der Waals surface area contributed by atoms with Crippen molar-refractivity contribution in [3.63, 3.8) is 0 Å². The predicted molar refractivity (Wildman–Crippen MR) is 90.8 cm³/mol. The number of amides is 2. The Morgan fingerprint density at radius 1 is 1.52 bits per heavy atom. The summed E-state index contributed by atoms with van der Waals surface area (Å²) >= 11 is 0. The zero-order chi connectivity index (χ0) is 17.0. The van der Waals surface area contributed by atoms with Gasteiger partial charge in [-0.15, -0.1) is 0 Å². The number of likely N-dealkylation sites (tertiary alicyclic amines) is 1. The fourth-order valence-electron chi connectivity index (χ4n) is 2.75. The fourth-order valence-corrected chi connectivity index (χ4v) is 2.75. The van der Waals surface area contributed by atoms with Gasteiger partial charge in [-0.2, -0.15) is 0 Å². The van der Waals surface area contributed by atoms with E-state index in [-0.39, 0.29) is 24.0 Å². The van der Waals surface area contributed by atoms with Gasteiger partial charge in [0.1, 0.15) is 18.2 Å². The van der Waals surface area contributed by atoms with Gasteiger partial charge in [0.15, 0.2) is 0 Å². The van der Waals surface area contributed by atoms with Gasteiger partial charge in [-0.1, -0.05) is 6.07 Å². The van der Waals surface area contributed by atoms with Crippen LogP contribution in [0.5, 0.6) is 5.75 Å². The number of nitrogen functional groups attached to an aromatic ring is 2. The quantitative estimate of drug-likeness (QED) is 0.374. The third-order valence-electron chi connectivity index (χ3n) is 3.81. The highest BCUT2D eigenvalue weighted by atomic mass is 16.5. The summed E-state index contributed by atoms with van der Waals surface area (Å²) in [6.45, 7) is 4.95. The summed E-state index contributed by atoms with van der Waals surface area (Å²) in [7, 11) is 0. The molecule has 1 fully saturated rings. The Balaban J connectivity index is 2.04. The van der Waals surface area contributed by atoms with Gasteiger partial charge >= 0.3 is 6.03 Å². The third-order valence-corrected chi connectivity index (χ3v) is 3.81. The molecule has 0 unspecified atom stereocenters. The minimum atomic E-state index is -0.126. The Hall–Kier alpha value is -2.44. The first-order valence-electron chi connectivity index (χ1n) is 7.83. The average molecular weight is 319 g/mol. The molecule has 1 heterocycles. The van der Waals surface area contributed by atoms with E-state index in [1.165, 1.54) is 0 Å². The van der Waals surface area contributed by atoms with Gasteiger partial charge in [-0.3, -0.25) is 5.41 Å². The molecule has 0 bridgehead atoms. The van der Waals surface area contributed by atoms with Gasteiger partial charge in [-0.05, 0) is 38.8 Å². The smallest absolute Gasteiger partial charge is 0.317 e. The van der Waals surface area contributed by atoms with Crippen LogP contribution in [-0.4, -0.2) is 42.0 Å². The first-order chi connectivity index (χ1) is 10.9. The molecule has 126 valence electrons. The summed E-state index contributed by atoms with van der Waals surface area (Å²) in [5.41, 5.74) is 12.3. The lowest BCUT2D eigenvalue weighted by Gasteiger charge is -2.26. The average Bonchev–Trinajstić information content (AvgIpc) is 2.92. The van der Waals surface area contributed by atoms with Crippen LogP contribution >= 0.6 is 0 Å². The zero-order valence-corrected chi connectivity index (χ0v) is 13.6. The number of rotatable bonds is 5. The SMILES string of the molecule is CC(C)NC(=O)N1CCC[C@@H]1COc1cccc(N)c1C(=N)N. The zero-order valence-electron chi connectivity index (χ0n) is 13.6. The van der Waals surface area contributed by atoms with E-state index in [4.69, 9.17) is 21.6 Å². The van der Waals surface area contributed by atoms with Gasteiger partial charge < -0.3 is 26.4 Å². The monoisotopic (exact) mass is 319 g/mol. The lowest BCUT2D eigenvalue weighted by Crippen LogP contribution is -2.47. The molecule has 6 N–H and O–H groups in total. The molecule has 1 atom stereocenters. The van der Waals surface area contributed by atoms with E-state index < -0.39 is 0 Å². The minimum absolute atomic E-state index is 0.00925. The Morgan fingerprint density at radius 2 is 2.26 bits per heavy atom.